The van der Waals surface area contributed by atoms with E-state index in [-0.39, 0.29) is 0 Å². The van der Waals surface area contributed by atoms with Crippen molar-refractivity contribution in [1.29, 1.82) is 0 Å². The van der Waals surface area contributed by atoms with E-state index >= 15 is 0 Å². The summed E-state index contributed by atoms with van der Waals surface area (Å²) in [5.74, 6) is 1.65. The van der Waals surface area contributed by atoms with Crippen LogP contribution in [0.4, 0.5) is 11.5 Å². The van der Waals surface area contributed by atoms with E-state index in [4.69, 9.17) is 11.5 Å². The Morgan fingerprint density at radius 2 is 2.30 bits per heavy atom. The summed E-state index contributed by atoms with van der Waals surface area (Å²) >= 11 is 0. The molecule has 1 amide bonds. The van der Waals surface area contributed by atoms with Crippen LogP contribution < -0.4 is 16.8 Å². The molecule has 1 aliphatic carbocycles. The highest BCUT2D eigenvalue weighted by Gasteiger charge is 2.18. The molecular weight excluding hydrogens is 252 g/mol. The topological polar surface area (TPSA) is 94.0 Å². The Morgan fingerprint density at radius 1 is 1.50 bits per heavy atom. The lowest BCUT2D eigenvalue weighted by atomic mass is 9.81. The van der Waals surface area contributed by atoms with Gasteiger partial charge in [0.15, 0.2) is 0 Å². The molecular formula is C15H24N4O. The Balaban J connectivity index is 1.89. The van der Waals surface area contributed by atoms with E-state index in [0.717, 1.165) is 24.8 Å². The molecule has 20 heavy (non-hydrogen) atoms. The number of aromatic nitrogens is 1. The van der Waals surface area contributed by atoms with Crippen LogP contribution in [-0.2, 0) is 0 Å². The number of rotatable bonds is 5. The van der Waals surface area contributed by atoms with Crippen molar-refractivity contribution in [3.05, 3.63) is 17.8 Å². The Labute approximate surface area is 120 Å². The zero-order valence-corrected chi connectivity index (χ0v) is 12.1. The molecule has 0 bridgehead atoms. The molecule has 1 fully saturated rings. The van der Waals surface area contributed by atoms with Gasteiger partial charge in [-0.15, -0.1) is 0 Å². The summed E-state index contributed by atoms with van der Waals surface area (Å²) in [7, 11) is 0. The summed E-state index contributed by atoms with van der Waals surface area (Å²) in [5, 5.41) is 3.22. The summed E-state index contributed by atoms with van der Waals surface area (Å²) in [6.07, 6.45) is 7.95. The first kappa shape index (κ1) is 14.6. The molecule has 0 spiro atoms. The monoisotopic (exact) mass is 276 g/mol. The molecule has 5 nitrogen and oxygen atoms in total. The van der Waals surface area contributed by atoms with Crippen molar-refractivity contribution in [3.63, 3.8) is 0 Å². The molecule has 1 heterocycles. The van der Waals surface area contributed by atoms with Crippen molar-refractivity contribution in [3.8, 4) is 0 Å². The van der Waals surface area contributed by atoms with Crippen molar-refractivity contribution < 1.29 is 4.79 Å². The number of hydrogen-bond acceptors (Lipinski definition) is 4. The number of carbonyl (C=O) groups excluding carboxylic acids is 1. The van der Waals surface area contributed by atoms with Crippen molar-refractivity contribution >= 4 is 17.4 Å². The molecule has 5 heteroatoms. The fraction of sp³-hybridized carbons (Fsp3) is 0.600. The average molecular weight is 276 g/mol. The van der Waals surface area contributed by atoms with Gasteiger partial charge in [0, 0.05) is 6.54 Å². The third kappa shape index (κ3) is 3.85. The van der Waals surface area contributed by atoms with E-state index in [0.29, 0.717) is 17.1 Å². The fourth-order valence-corrected chi connectivity index (χ4v) is 3.03. The number of anilines is 2. The van der Waals surface area contributed by atoms with Crippen LogP contribution in [-0.4, -0.2) is 17.4 Å². The maximum atomic E-state index is 11.4. The first-order valence-electron chi connectivity index (χ1n) is 7.35. The lowest BCUT2D eigenvalue weighted by molar-refractivity contribution is 0.100. The second-order valence-electron chi connectivity index (χ2n) is 5.88. The quantitative estimate of drug-likeness (QED) is 0.769. The molecule has 2 rings (SSSR count). The molecule has 1 aromatic heterocycles. The Kier molecular flexibility index (Phi) is 4.82. The number of amides is 1. The third-order valence-corrected chi connectivity index (χ3v) is 4.06. The molecule has 2 atom stereocenters. The van der Waals surface area contributed by atoms with Crippen LogP contribution in [0.15, 0.2) is 12.3 Å². The molecule has 5 N–H and O–H groups in total. The van der Waals surface area contributed by atoms with Crippen molar-refractivity contribution in [2.24, 2.45) is 17.6 Å². The summed E-state index contributed by atoms with van der Waals surface area (Å²) in [4.78, 5) is 15.5. The Bertz CT molecular complexity index is 475. The smallest absolute Gasteiger partial charge is 0.252 e. The zero-order valence-electron chi connectivity index (χ0n) is 12.1. The van der Waals surface area contributed by atoms with Gasteiger partial charge >= 0.3 is 0 Å². The first-order chi connectivity index (χ1) is 9.56. The minimum atomic E-state index is -0.501. The number of pyridine rings is 1. The molecule has 110 valence electrons. The summed E-state index contributed by atoms with van der Waals surface area (Å²) in [6, 6.07) is 1.57. The molecule has 1 aromatic rings. The maximum absolute atomic E-state index is 11.4. The summed E-state index contributed by atoms with van der Waals surface area (Å²) in [6.45, 7) is 3.14. The molecule has 1 aliphatic rings. The van der Waals surface area contributed by atoms with Crippen molar-refractivity contribution in [2.75, 3.05) is 17.6 Å². The van der Waals surface area contributed by atoms with Gasteiger partial charge in [0.1, 0.15) is 5.82 Å². The standard InChI is InChI=1S/C15H24N4O/c1-10-3-2-4-11(7-10)5-6-18-15-13(14(17)20)8-12(16)9-19-15/h8-11H,2-7,16H2,1H3,(H2,17,20)(H,18,19). The van der Waals surface area contributed by atoms with E-state index in [1.54, 1.807) is 6.07 Å². The molecule has 1 saturated carbocycles. The van der Waals surface area contributed by atoms with Crippen LogP contribution in [0.5, 0.6) is 0 Å². The van der Waals surface area contributed by atoms with Gasteiger partial charge in [0.2, 0.25) is 0 Å². The van der Waals surface area contributed by atoms with Crippen LogP contribution in [0.3, 0.4) is 0 Å². The summed E-state index contributed by atoms with van der Waals surface area (Å²) < 4.78 is 0. The van der Waals surface area contributed by atoms with Gasteiger partial charge in [-0.2, -0.15) is 0 Å². The SMILES string of the molecule is CC1CCCC(CCNc2ncc(N)cc2C(N)=O)C1. The highest BCUT2D eigenvalue weighted by atomic mass is 16.1. The van der Waals surface area contributed by atoms with Gasteiger partial charge in [-0.1, -0.05) is 26.2 Å². The second kappa shape index (κ2) is 6.59. The highest BCUT2D eigenvalue weighted by molar-refractivity contribution is 5.98. The van der Waals surface area contributed by atoms with Crippen LogP contribution >= 0.6 is 0 Å². The zero-order chi connectivity index (χ0) is 14.5. The summed E-state index contributed by atoms with van der Waals surface area (Å²) in [5.41, 5.74) is 11.8. The van der Waals surface area contributed by atoms with Gasteiger partial charge in [-0.05, 0) is 30.7 Å². The predicted octanol–water partition coefficient (Wildman–Crippen LogP) is 2.39. The Hall–Kier alpha value is -1.78. The average Bonchev–Trinajstić information content (AvgIpc) is 2.40. The van der Waals surface area contributed by atoms with Crippen LogP contribution in [0.25, 0.3) is 0 Å². The number of nitrogens with one attached hydrogen (secondary N) is 1. The molecule has 2 unspecified atom stereocenters. The van der Waals surface area contributed by atoms with E-state index in [2.05, 4.69) is 17.2 Å². The minimum absolute atomic E-state index is 0.363. The Morgan fingerprint density at radius 3 is 3.00 bits per heavy atom. The van der Waals surface area contributed by atoms with Crippen LogP contribution in [0.2, 0.25) is 0 Å². The van der Waals surface area contributed by atoms with Gasteiger partial charge in [0.25, 0.3) is 5.91 Å². The number of carbonyl (C=O) groups is 1. The first-order valence-corrected chi connectivity index (χ1v) is 7.35. The molecule has 0 saturated heterocycles. The maximum Gasteiger partial charge on any atom is 0.252 e. The van der Waals surface area contributed by atoms with Crippen molar-refractivity contribution in [1.82, 2.24) is 4.98 Å². The molecule has 0 aliphatic heterocycles. The molecule has 0 radical (unpaired) electrons. The predicted molar refractivity (Wildman–Crippen MR) is 81.4 cm³/mol. The number of primary amides is 1. The number of nitrogens with two attached hydrogens (primary N) is 2. The van der Waals surface area contributed by atoms with Crippen LogP contribution in [0, 0.1) is 11.8 Å². The lowest BCUT2D eigenvalue weighted by Crippen LogP contribution is -2.19. The van der Waals surface area contributed by atoms with E-state index in [9.17, 15) is 4.79 Å². The normalized spacial score (nSPS) is 22.4. The number of hydrogen-bond donors (Lipinski definition) is 3. The van der Waals surface area contributed by atoms with Gasteiger partial charge in [0.05, 0.1) is 17.4 Å². The lowest BCUT2D eigenvalue weighted by Gasteiger charge is -2.26. The largest absolute Gasteiger partial charge is 0.397 e. The van der Waals surface area contributed by atoms with Gasteiger partial charge in [-0.3, -0.25) is 4.79 Å². The van der Waals surface area contributed by atoms with Crippen molar-refractivity contribution in [2.45, 2.75) is 39.0 Å². The van der Waals surface area contributed by atoms with Gasteiger partial charge < -0.3 is 16.8 Å². The third-order valence-electron chi connectivity index (χ3n) is 4.06. The minimum Gasteiger partial charge on any atom is -0.397 e. The van der Waals surface area contributed by atoms with E-state index in [1.807, 2.05) is 0 Å². The fourth-order valence-electron chi connectivity index (χ4n) is 3.03. The van der Waals surface area contributed by atoms with E-state index in [1.165, 1.54) is 31.9 Å². The molecule has 0 aromatic carbocycles. The number of nitrogens with zero attached hydrogens (tertiary/aromatic N) is 1. The number of nitrogen functional groups attached to an aromatic ring is 1. The van der Waals surface area contributed by atoms with Gasteiger partial charge in [-0.25, -0.2) is 4.98 Å². The van der Waals surface area contributed by atoms with E-state index < -0.39 is 5.91 Å². The highest BCUT2D eigenvalue weighted by Crippen LogP contribution is 2.30. The van der Waals surface area contributed by atoms with Crippen LogP contribution in [0.1, 0.15) is 49.4 Å². The second-order valence-corrected chi connectivity index (χ2v) is 5.88.